The van der Waals surface area contributed by atoms with E-state index in [1.54, 1.807) is 0 Å². The van der Waals surface area contributed by atoms with Crippen LogP contribution in [-0.2, 0) is 6.61 Å². The zero-order valence-electron chi connectivity index (χ0n) is 8.86. The third-order valence-electron chi connectivity index (χ3n) is 2.24. The predicted octanol–water partition coefficient (Wildman–Crippen LogP) is 4.28. The molecule has 2 aromatic rings. The first-order chi connectivity index (χ1) is 8.16. The lowest BCUT2D eigenvalue weighted by molar-refractivity contribution is 0.306. The molecule has 2 rings (SSSR count). The molecule has 0 aromatic heterocycles. The number of rotatable bonds is 3. The summed E-state index contributed by atoms with van der Waals surface area (Å²) in [6.07, 6.45) is 0. The van der Waals surface area contributed by atoms with Crippen molar-refractivity contribution in [2.24, 2.45) is 0 Å². The molecule has 0 unspecified atom stereocenters. The zero-order chi connectivity index (χ0) is 12.3. The van der Waals surface area contributed by atoms with E-state index >= 15 is 0 Å². The van der Waals surface area contributed by atoms with Crippen LogP contribution in [0.25, 0.3) is 0 Å². The Kier molecular flexibility index (Phi) is 3.77. The normalized spacial score (nSPS) is 10.2. The molecule has 0 radical (unpaired) electrons. The molecule has 0 bridgehead atoms. The molecule has 0 heterocycles. The lowest BCUT2D eigenvalue weighted by atomic mass is 10.2. The van der Waals surface area contributed by atoms with Crippen molar-refractivity contribution in [2.45, 2.75) is 6.61 Å². The Morgan fingerprint density at radius 3 is 2.41 bits per heavy atom. The number of phenolic OH excluding ortho intramolecular Hbond substituents is 1. The van der Waals surface area contributed by atoms with Gasteiger partial charge in [0.05, 0.1) is 10.0 Å². The van der Waals surface area contributed by atoms with E-state index in [1.807, 2.05) is 30.3 Å². The molecule has 2 nitrogen and oxygen atoms in total. The van der Waals surface area contributed by atoms with E-state index in [-0.39, 0.29) is 10.8 Å². The summed E-state index contributed by atoms with van der Waals surface area (Å²) in [5, 5.41) is 9.89. The van der Waals surface area contributed by atoms with Crippen LogP contribution in [0.5, 0.6) is 11.5 Å². The summed E-state index contributed by atoms with van der Waals surface area (Å²) < 4.78 is 5.53. The van der Waals surface area contributed by atoms with Gasteiger partial charge >= 0.3 is 0 Å². The number of hydrogen-bond donors (Lipinski definition) is 1. The van der Waals surface area contributed by atoms with Gasteiger partial charge in [-0.1, -0.05) is 53.5 Å². The Morgan fingerprint density at radius 1 is 1.00 bits per heavy atom. The van der Waals surface area contributed by atoms with Gasteiger partial charge < -0.3 is 9.84 Å². The van der Waals surface area contributed by atoms with Crippen molar-refractivity contribution in [3.8, 4) is 11.5 Å². The van der Waals surface area contributed by atoms with Crippen molar-refractivity contribution in [3.05, 3.63) is 58.1 Å². The first kappa shape index (κ1) is 12.1. The highest BCUT2D eigenvalue weighted by Crippen LogP contribution is 2.35. The van der Waals surface area contributed by atoms with Gasteiger partial charge in [-0.3, -0.25) is 0 Å². The van der Waals surface area contributed by atoms with E-state index in [4.69, 9.17) is 27.9 Å². The molecular formula is C13H10Cl2O2. The molecule has 0 saturated carbocycles. The molecule has 1 N–H and O–H groups in total. The van der Waals surface area contributed by atoms with Crippen LogP contribution in [0.15, 0.2) is 42.5 Å². The first-order valence-corrected chi connectivity index (χ1v) is 5.77. The van der Waals surface area contributed by atoms with Crippen LogP contribution >= 0.6 is 23.2 Å². The summed E-state index contributed by atoms with van der Waals surface area (Å²) in [4.78, 5) is 0. The van der Waals surface area contributed by atoms with E-state index in [0.29, 0.717) is 17.4 Å². The molecule has 2 aromatic carbocycles. The summed E-state index contributed by atoms with van der Waals surface area (Å²) >= 11 is 11.7. The molecule has 88 valence electrons. The second kappa shape index (κ2) is 5.30. The fourth-order valence-electron chi connectivity index (χ4n) is 1.36. The van der Waals surface area contributed by atoms with Gasteiger partial charge in [-0.15, -0.1) is 0 Å². The standard InChI is InChI=1S/C13H10Cl2O2/c14-10-7-13(11(15)6-12(10)16)17-8-9-4-2-1-3-5-9/h1-7,16H,8H2. The topological polar surface area (TPSA) is 29.5 Å². The average molecular weight is 269 g/mol. The minimum absolute atomic E-state index is 0.0521. The number of aromatic hydroxyl groups is 1. The second-order valence-electron chi connectivity index (χ2n) is 3.51. The number of benzene rings is 2. The van der Waals surface area contributed by atoms with Crippen LogP contribution in [-0.4, -0.2) is 5.11 Å². The Labute approximate surface area is 109 Å². The minimum atomic E-state index is -0.0521. The fourth-order valence-corrected chi connectivity index (χ4v) is 1.73. The van der Waals surface area contributed by atoms with E-state index < -0.39 is 0 Å². The Morgan fingerprint density at radius 2 is 1.71 bits per heavy atom. The molecule has 4 heteroatoms. The highest BCUT2D eigenvalue weighted by atomic mass is 35.5. The van der Waals surface area contributed by atoms with E-state index in [0.717, 1.165) is 5.56 Å². The van der Waals surface area contributed by atoms with E-state index in [2.05, 4.69) is 0 Å². The summed E-state index contributed by atoms with van der Waals surface area (Å²) in [7, 11) is 0. The quantitative estimate of drug-likeness (QED) is 0.901. The number of ether oxygens (including phenoxy) is 1. The van der Waals surface area contributed by atoms with Crippen LogP contribution in [0, 0.1) is 0 Å². The van der Waals surface area contributed by atoms with Gasteiger partial charge in [0.1, 0.15) is 18.1 Å². The summed E-state index contributed by atoms with van der Waals surface area (Å²) in [5.41, 5.74) is 1.03. The highest BCUT2D eigenvalue weighted by Gasteiger charge is 2.07. The van der Waals surface area contributed by atoms with Gasteiger partial charge in [0.2, 0.25) is 0 Å². The smallest absolute Gasteiger partial charge is 0.140 e. The van der Waals surface area contributed by atoms with Gasteiger partial charge in [0, 0.05) is 12.1 Å². The van der Waals surface area contributed by atoms with Crippen molar-refractivity contribution in [3.63, 3.8) is 0 Å². The lowest BCUT2D eigenvalue weighted by Crippen LogP contribution is -1.95. The van der Waals surface area contributed by atoms with Crippen molar-refractivity contribution in [1.82, 2.24) is 0 Å². The fraction of sp³-hybridized carbons (Fsp3) is 0.0769. The van der Waals surface area contributed by atoms with E-state index in [1.165, 1.54) is 12.1 Å². The second-order valence-corrected chi connectivity index (χ2v) is 4.32. The van der Waals surface area contributed by atoms with Gasteiger partial charge in [-0.2, -0.15) is 0 Å². The Bertz CT molecular complexity index is 512. The molecule has 0 fully saturated rings. The molecule has 0 aliphatic rings. The Balaban J connectivity index is 2.12. The summed E-state index contributed by atoms with van der Waals surface area (Å²) in [6.45, 7) is 0.404. The number of hydrogen-bond acceptors (Lipinski definition) is 2. The van der Waals surface area contributed by atoms with Crippen LogP contribution in [0.2, 0.25) is 10.0 Å². The maximum Gasteiger partial charge on any atom is 0.140 e. The molecule has 0 spiro atoms. The molecule has 0 aliphatic heterocycles. The third kappa shape index (κ3) is 3.05. The van der Waals surface area contributed by atoms with Crippen molar-refractivity contribution in [1.29, 1.82) is 0 Å². The van der Waals surface area contributed by atoms with Crippen LogP contribution in [0.3, 0.4) is 0 Å². The van der Waals surface area contributed by atoms with Crippen LogP contribution in [0.4, 0.5) is 0 Å². The number of phenols is 1. The van der Waals surface area contributed by atoms with Crippen molar-refractivity contribution < 1.29 is 9.84 Å². The third-order valence-corrected chi connectivity index (χ3v) is 2.84. The molecular weight excluding hydrogens is 259 g/mol. The zero-order valence-corrected chi connectivity index (χ0v) is 10.4. The van der Waals surface area contributed by atoms with Gasteiger partial charge in [0.25, 0.3) is 0 Å². The maximum atomic E-state index is 9.34. The predicted molar refractivity (Wildman–Crippen MR) is 68.9 cm³/mol. The van der Waals surface area contributed by atoms with Crippen molar-refractivity contribution in [2.75, 3.05) is 0 Å². The first-order valence-electron chi connectivity index (χ1n) is 5.01. The van der Waals surface area contributed by atoms with Crippen LogP contribution in [0.1, 0.15) is 5.56 Å². The molecule has 17 heavy (non-hydrogen) atoms. The lowest BCUT2D eigenvalue weighted by Gasteiger charge is -2.09. The molecule has 0 aliphatic carbocycles. The van der Waals surface area contributed by atoms with Gasteiger partial charge in [0.15, 0.2) is 0 Å². The maximum absolute atomic E-state index is 9.34. The minimum Gasteiger partial charge on any atom is -0.506 e. The molecule has 0 atom stereocenters. The SMILES string of the molecule is Oc1cc(Cl)c(OCc2ccccc2)cc1Cl. The molecule has 0 saturated heterocycles. The summed E-state index contributed by atoms with van der Waals surface area (Å²) in [6, 6.07) is 12.6. The van der Waals surface area contributed by atoms with Crippen molar-refractivity contribution >= 4 is 23.2 Å². The average Bonchev–Trinajstić information content (AvgIpc) is 2.33. The van der Waals surface area contributed by atoms with E-state index in [9.17, 15) is 5.11 Å². The highest BCUT2D eigenvalue weighted by molar-refractivity contribution is 6.35. The van der Waals surface area contributed by atoms with Gasteiger partial charge in [-0.05, 0) is 5.56 Å². The number of halogens is 2. The van der Waals surface area contributed by atoms with Gasteiger partial charge in [-0.25, -0.2) is 0 Å². The summed E-state index contributed by atoms with van der Waals surface area (Å²) in [5.74, 6) is 0.405. The monoisotopic (exact) mass is 268 g/mol. The van der Waals surface area contributed by atoms with Crippen LogP contribution < -0.4 is 4.74 Å². The largest absolute Gasteiger partial charge is 0.506 e. The molecule has 0 amide bonds. The Hall–Kier alpha value is -1.38.